The third kappa shape index (κ3) is 7.53. The van der Waals surface area contributed by atoms with Crippen molar-refractivity contribution in [2.45, 2.75) is 19.3 Å². The summed E-state index contributed by atoms with van der Waals surface area (Å²) in [6.07, 6.45) is 0.548. The summed E-state index contributed by atoms with van der Waals surface area (Å²) in [7, 11) is 3.00. The van der Waals surface area contributed by atoms with Crippen molar-refractivity contribution in [2.75, 3.05) is 31.5 Å². The molecule has 29 heavy (non-hydrogen) atoms. The van der Waals surface area contributed by atoms with Crippen LogP contribution < -0.4 is 20.1 Å². The number of hydrogen-bond donors (Lipinski definition) is 2. The summed E-state index contributed by atoms with van der Waals surface area (Å²) in [6, 6.07) is 14.0. The van der Waals surface area contributed by atoms with Gasteiger partial charge in [0.25, 0.3) is 5.91 Å². The van der Waals surface area contributed by atoms with E-state index in [9.17, 15) is 14.4 Å². The van der Waals surface area contributed by atoms with E-state index in [4.69, 9.17) is 14.2 Å². The number of anilines is 2. The molecule has 0 aliphatic carbocycles. The molecule has 154 valence electrons. The monoisotopic (exact) mass is 400 g/mol. The molecule has 0 unspecified atom stereocenters. The smallest absolute Gasteiger partial charge is 0.306 e. The van der Waals surface area contributed by atoms with Crippen molar-refractivity contribution in [3.63, 3.8) is 0 Å². The van der Waals surface area contributed by atoms with Crippen LogP contribution in [-0.2, 0) is 19.1 Å². The second-order valence-electron chi connectivity index (χ2n) is 6.04. The molecular weight excluding hydrogens is 376 g/mol. The highest BCUT2D eigenvalue weighted by molar-refractivity contribution is 5.94. The van der Waals surface area contributed by atoms with Crippen molar-refractivity contribution in [1.29, 1.82) is 0 Å². The quantitative estimate of drug-likeness (QED) is 0.595. The van der Waals surface area contributed by atoms with E-state index in [1.54, 1.807) is 30.3 Å². The predicted molar refractivity (Wildman–Crippen MR) is 108 cm³/mol. The third-order valence-electron chi connectivity index (χ3n) is 3.89. The Bertz CT molecular complexity index is 838. The van der Waals surface area contributed by atoms with E-state index in [0.29, 0.717) is 29.3 Å². The molecule has 0 radical (unpaired) electrons. The minimum absolute atomic E-state index is 0.0430. The summed E-state index contributed by atoms with van der Waals surface area (Å²) in [4.78, 5) is 35.6. The maximum absolute atomic E-state index is 12.0. The molecule has 0 atom stereocenters. The molecule has 0 aliphatic rings. The number of carbonyl (C=O) groups excluding carboxylic acids is 3. The fraction of sp³-hybridized carbons (Fsp3) is 0.286. The van der Waals surface area contributed by atoms with E-state index in [2.05, 4.69) is 10.6 Å². The number of ether oxygens (including phenoxy) is 3. The lowest BCUT2D eigenvalue weighted by molar-refractivity contribution is -0.147. The first-order valence-electron chi connectivity index (χ1n) is 9.04. The van der Waals surface area contributed by atoms with E-state index in [1.807, 2.05) is 18.2 Å². The van der Waals surface area contributed by atoms with E-state index in [0.717, 1.165) is 0 Å². The SMILES string of the molecule is COc1ccc(NC(=O)COC(=O)CCCC(=O)Nc2ccccc2)c(OC)c1. The van der Waals surface area contributed by atoms with Gasteiger partial charge in [0.05, 0.1) is 19.9 Å². The van der Waals surface area contributed by atoms with E-state index in [1.165, 1.54) is 14.2 Å². The zero-order valence-corrected chi connectivity index (χ0v) is 16.4. The number of amides is 2. The van der Waals surface area contributed by atoms with Crippen LogP contribution in [0.1, 0.15) is 19.3 Å². The maximum atomic E-state index is 12.0. The van der Waals surface area contributed by atoms with E-state index < -0.39 is 18.5 Å². The number of esters is 1. The molecule has 8 heteroatoms. The molecule has 0 aromatic heterocycles. The number of nitrogens with one attached hydrogen (secondary N) is 2. The van der Waals surface area contributed by atoms with Gasteiger partial charge in [0, 0.05) is 24.6 Å². The highest BCUT2D eigenvalue weighted by Gasteiger charge is 2.12. The van der Waals surface area contributed by atoms with Crippen LogP contribution in [0.15, 0.2) is 48.5 Å². The van der Waals surface area contributed by atoms with E-state index in [-0.39, 0.29) is 18.7 Å². The number of para-hydroxylation sites is 1. The Morgan fingerprint density at radius 3 is 2.31 bits per heavy atom. The van der Waals surface area contributed by atoms with Crippen LogP contribution in [0.4, 0.5) is 11.4 Å². The van der Waals surface area contributed by atoms with Crippen LogP contribution in [0, 0.1) is 0 Å². The van der Waals surface area contributed by atoms with Crippen molar-refractivity contribution >= 4 is 29.2 Å². The molecule has 0 fully saturated rings. The highest BCUT2D eigenvalue weighted by Crippen LogP contribution is 2.28. The second-order valence-corrected chi connectivity index (χ2v) is 6.04. The Hall–Kier alpha value is -3.55. The van der Waals surface area contributed by atoms with Crippen LogP contribution in [0.2, 0.25) is 0 Å². The van der Waals surface area contributed by atoms with Crippen molar-refractivity contribution < 1.29 is 28.6 Å². The molecule has 0 heterocycles. The molecule has 2 rings (SSSR count). The van der Waals surface area contributed by atoms with Crippen LogP contribution >= 0.6 is 0 Å². The van der Waals surface area contributed by atoms with Gasteiger partial charge in [-0.25, -0.2) is 0 Å². The maximum Gasteiger partial charge on any atom is 0.306 e. The highest BCUT2D eigenvalue weighted by atomic mass is 16.5. The first-order chi connectivity index (χ1) is 14.0. The molecule has 0 aliphatic heterocycles. The fourth-order valence-electron chi connectivity index (χ4n) is 2.44. The molecule has 0 bridgehead atoms. The van der Waals surface area contributed by atoms with Crippen molar-refractivity contribution in [2.24, 2.45) is 0 Å². The molecule has 0 spiro atoms. The lowest BCUT2D eigenvalue weighted by atomic mass is 10.2. The molecule has 2 N–H and O–H groups in total. The summed E-state index contributed by atoms with van der Waals surface area (Å²) in [5.41, 5.74) is 1.14. The minimum atomic E-state index is -0.547. The Balaban J connectivity index is 1.68. The summed E-state index contributed by atoms with van der Waals surface area (Å²) < 4.78 is 15.2. The Morgan fingerprint density at radius 2 is 1.62 bits per heavy atom. The first-order valence-corrected chi connectivity index (χ1v) is 9.04. The van der Waals surface area contributed by atoms with Crippen molar-refractivity contribution in [1.82, 2.24) is 0 Å². The van der Waals surface area contributed by atoms with Gasteiger partial charge in [0.2, 0.25) is 5.91 Å². The summed E-state index contributed by atoms with van der Waals surface area (Å²) in [5.74, 6) is -0.220. The number of benzene rings is 2. The number of methoxy groups -OCH3 is 2. The molecule has 2 aromatic carbocycles. The first kappa shape index (κ1) is 21.7. The van der Waals surface area contributed by atoms with Crippen molar-refractivity contribution in [3.05, 3.63) is 48.5 Å². The minimum Gasteiger partial charge on any atom is -0.497 e. The van der Waals surface area contributed by atoms with E-state index >= 15 is 0 Å². The zero-order chi connectivity index (χ0) is 21.1. The molecule has 2 aromatic rings. The Labute approximate surface area is 169 Å². The van der Waals surface area contributed by atoms with Gasteiger partial charge in [-0.15, -0.1) is 0 Å². The largest absolute Gasteiger partial charge is 0.497 e. The number of hydrogen-bond acceptors (Lipinski definition) is 6. The van der Waals surface area contributed by atoms with Crippen LogP contribution in [0.5, 0.6) is 11.5 Å². The average Bonchev–Trinajstić information content (AvgIpc) is 2.73. The lowest BCUT2D eigenvalue weighted by Crippen LogP contribution is -2.21. The topological polar surface area (TPSA) is 103 Å². The summed E-state index contributed by atoms with van der Waals surface area (Å²) in [6.45, 7) is -0.426. The van der Waals surface area contributed by atoms with Gasteiger partial charge in [-0.3, -0.25) is 14.4 Å². The van der Waals surface area contributed by atoms with Crippen molar-refractivity contribution in [3.8, 4) is 11.5 Å². The normalized spacial score (nSPS) is 10.0. The lowest BCUT2D eigenvalue weighted by Gasteiger charge is -2.11. The molecular formula is C21H24N2O6. The summed E-state index contributed by atoms with van der Waals surface area (Å²) >= 11 is 0. The van der Waals surface area contributed by atoms with Gasteiger partial charge in [0.15, 0.2) is 6.61 Å². The molecule has 0 saturated heterocycles. The average molecular weight is 400 g/mol. The molecule has 0 saturated carbocycles. The predicted octanol–water partition coefficient (Wildman–Crippen LogP) is 2.99. The van der Waals surface area contributed by atoms with Gasteiger partial charge in [-0.2, -0.15) is 0 Å². The van der Waals surface area contributed by atoms with Gasteiger partial charge in [0.1, 0.15) is 11.5 Å². The van der Waals surface area contributed by atoms with Crippen LogP contribution in [0.3, 0.4) is 0 Å². The number of carbonyl (C=O) groups is 3. The zero-order valence-electron chi connectivity index (χ0n) is 16.4. The third-order valence-corrected chi connectivity index (χ3v) is 3.89. The Kier molecular flexibility index (Phi) is 8.50. The fourth-order valence-corrected chi connectivity index (χ4v) is 2.44. The molecule has 8 nitrogen and oxygen atoms in total. The van der Waals surface area contributed by atoms with Gasteiger partial charge < -0.3 is 24.8 Å². The second kappa shape index (κ2) is 11.3. The Morgan fingerprint density at radius 1 is 0.862 bits per heavy atom. The molecule has 2 amide bonds. The standard InChI is InChI=1S/C21H24N2O6/c1-27-16-11-12-17(18(13-16)28-2)23-20(25)14-29-21(26)10-6-9-19(24)22-15-7-4-3-5-8-15/h3-5,7-8,11-13H,6,9-10,14H2,1-2H3,(H,22,24)(H,23,25). The van der Waals surface area contributed by atoms with Gasteiger partial charge in [-0.05, 0) is 30.7 Å². The van der Waals surface area contributed by atoms with Crippen LogP contribution in [0.25, 0.3) is 0 Å². The summed E-state index contributed by atoms with van der Waals surface area (Å²) in [5, 5.41) is 5.35. The van der Waals surface area contributed by atoms with Gasteiger partial charge >= 0.3 is 5.97 Å². The number of rotatable bonds is 10. The van der Waals surface area contributed by atoms with Crippen LogP contribution in [-0.4, -0.2) is 38.6 Å². The van der Waals surface area contributed by atoms with Gasteiger partial charge in [-0.1, -0.05) is 18.2 Å².